The molecule has 1 aromatic carbocycles. The average molecular weight is 293 g/mol. The number of nitrogens with zero attached hydrogens (tertiary/aromatic N) is 2. The number of halogens is 1. The number of benzene rings is 1. The topological polar surface area (TPSA) is 63.8 Å². The lowest BCUT2D eigenvalue weighted by molar-refractivity contribution is 0.548. The monoisotopic (exact) mass is 292 g/mol. The smallest absolute Gasteiger partial charge is 0.115 e. The quantitative estimate of drug-likeness (QED) is 0.668. The van der Waals surface area contributed by atoms with Crippen LogP contribution in [0.25, 0.3) is 0 Å². The van der Waals surface area contributed by atoms with Crippen LogP contribution in [0, 0.1) is 0 Å². The van der Waals surface area contributed by atoms with Crippen molar-refractivity contribution in [3.05, 3.63) is 58.6 Å². The van der Waals surface area contributed by atoms with Crippen LogP contribution >= 0.6 is 15.9 Å². The SMILES string of the molecule is NNC(Cc1cccc(Br)c1)c1cncnc1. The predicted molar refractivity (Wildman–Crippen MR) is 69.9 cm³/mol. The highest BCUT2D eigenvalue weighted by molar-refractivity contribution is 9.10. The van der Waals surface area contributed by atoms with E-state index in [1.807, 2.05) is 12.1 Å². The zero-order valence-corrected chi connectivity index (χ0v) is 10.8. The van der Waals surface area contributed by atoms with Gasteiger partial charge in [-0.05, 0) is 24.1 Å². The van der Waals surface area contributed by atoms with E-state index in [2.05, 4.69) is 43.5 Å². The Bertz CT molecular complexity index is 475. The third-order valence-corrected chi connectivity index (χ3v) is 3.01. The number of rotatable bonds is 4. The summed E-state index contributed by atoms with van der Waals surface area (Å²) in [6.45, 7) is 0. The van der Waals surface area contributed by atoms with Gasteiger partial charge in [0.15, 0.2) is 0 Å². The Kier molecular flexibility index (Phi) is 4.19. The normalized spacial score (nSPS) is 12.4. The summed E-state index contributed by atoms with van der Waals surface area (Å²) >= 11 is 3.45. The van der Waals surface area contributed by atoms with Crippen LogP contribution in [0.2, 0.25) is 0 Å². The second kappa shape index (κ2) is 5.86. The molecule has 0 aliphatic heterocycles. The standard InChI is InChI=1S/C12H13BrN4/c13-11-3-1-2-9(4-11)5-12(17-14)10-6-15-8-16-7-10/h1-4,6-8,12,17H,5,14H2. The summed E-state index contributed by atoms with van der Waals surface area (Å²) in [6.07, 6.45) is 5.85. The Morgan fingerprint density at radius 1 is 1.29 bits per heavy atom. The fourth-order valence-electron chi connectivity index (χ4n) is 1.66. The molecule has 2 rings (SSSR count). The molecule has 0 saturated heterocycles. The van der Waals surface area contributed by atoms with E-state index >= 15 is 0 Å². The van der Waals surface area contributed by atoms with Crippen molar-refractivity contribution in [2.24, 2.45) is 5.84 Å². The molecule has 5 heteroatoms. The molecule has 1 heterocycles. The van der Waals surface area contributed by atoms with E-state index in [1.54, 1.807) is 12.4 Å². The van der Waals surface area contributed by atoms with Crippen LogP contribution in [0.3, 0.4) is 0 Å². The second-order valence-corrected chi connectivity index (χ2v) is 4.64. The third-order valence-electron chi connectivity index (χ3n) is 2.51. The molecule has 0 spiro atoms. The molecule has 1 aromatic heterocycles. The van der Waals surface area contributed by atoms with Gasteiger partial charge in [0.1, 0.15) is 6.33 Å². The number of aromatic nitrogens is 2. The minimum absolute atomic E-state index is 0.0190. The van der Waals surface area contributed by atoms with E-state index < -0.39 is 0 Å². The van der Waals surface area contributed by atoms with Gasteiger partial charge in [0.05, 0.1) is 6.04 Å². The van der Waals surface area contributed by atoms with Crippen LogP contribution in [0.5, 0.6) is 0 Å². The van der Waals surface area contributed by atoms with Gasteiger partial charge in [-0.1, -0.05) is 28.1 Å². The van der Waals surface area contributed by atoms with E-state index in [4.69, 9.17) is 5.84 Å². The molecule has 88 valence electrons. The lowest BCUT2D eigenvalue weighted by Gasteiger charge is -2.15. The van der Waals surface area contributed by atoms with Crippen LogP contribution in [0.15, 0.2) is 47.5 Å². The summed E-state index contributed by atoms with van der Waals surface area (Å²) in [4.78, 5) is 7.99. The van der Waals surface area contributed by atoms with Crippen molar-refractivity contribution >= 4 is 15.9 Å². The number of hydrazine groups is 1. The first-order chi connectivity index (χ1) is 8.29. The first kappa shape index (κ1) is 12.2. The highest BCUT2D eigenvalue weighted by Gasteiger charge is 2.10. The number of nitrogens with one attached hydrogen (secondary N) is 1. The van der Waals surface area contributed by atoms with Gasteiger partial charge < -0.3 is 0 Å². The minimum Gasteiger partial charge on any atom is -0.271 e. The number of nitrogens with two attached hydrogens (primary N) is 1. The molecule has 17 heavy (non-hydrogen) atoms. The fourth-order valence-corrected chi connectivity index (χ4v) is 2.11. The zero-order chi connectivity index (χ0) is 12.1. The second-order valence-electron chi connectivity index (χ2n) is 3.73. The largest absolute Gasteiger partial charge is 0.271 e. The summed E-state index contributed by atoms with van der Waals surface area (Å²) in [7, 11) is 0. The highest BCUT2D eigenvalue weighted by atomic mass is 79.9. The Labute approximate surface area is 108 Å². The molecule has 1 unspecified atom stereocenters. The summed E-state index contributed by atoms with van der Waals surface area (Å²) in [6, 6.07) is 8.17. The van der Waals surface area contributed by atoms with Gasteiger partial charge >= 0.3 is 0 Å². The number of hydrogen-bond acceptors (Lipinski definition) is 4. The molecule has 2 aromatic rings. The van der Waals surface area contributed by atoms with E-state index in [9.17, 15) is 0 Å². The third kappa shape index (κ3) is 3.33. The van der Waals surface area contributed by atoms with Crippen molar-refractivity contribution < 1.29 is 0 Å². The molecular weight excluding hydrogens is 280 g/mol. The van der Waals surface area contributed by atoms with Gasteiger partial charge in [0.2, 0.25) is 0 Å². The Morgan fingerprint density at radius 3 is 2.71 bits per heavy atom. The molecule has 0 aliphatic rings. The summed E-state index contributed by atoms with van der Waals surface area (Å²) in [5.74, 6) is 5.57. The minimum atomic E-state index is 0.0190. The van der Waals surface area contributed by atoms with Crippen molar-refractivity contribution in [3.63, 3.8) is 0 Å². The highest BCUT2D eigenvalue weighted by Crippen LogP contribution is 2.18. The molecule has 1 atom stereocenters. The van der Waals surface area contributed by atoms with Crippen LogP contribution < -0.4 is 11.3 Å². The van der Waals surface area contributed by atoms with Crippen LogP contribution in [-0.2, 0) is 6.42 Å². The molecule has 0 fully saturated rings. The summed E-state index contributed by atoms with van der Waals surface area (Å²) in [5, 5.41) is 0. The number of hydrogen-bond donors (Lipinski definition) is 2. The van der Waals surface area contributed by atoms with Crippen LogP contribution in [0.4, 0.5) is 0 Å². The Balaban J connectivity index is 2.16. The van der Waals surface area contributed by atoms with Crippen LogP contribution in [-0.4, -0.2) is 9.97 Å². The Hall–Kier alpha value is -1.30. The van der Waals surface area contributed by atoms with E-state index in [0.717, 1.165) is 16.5 Å². The van der Waals surface area contributed by atoms with Crippen molar-refractivity contribution in [1.29, 1.82) is 0 Å². The molecule has 0 aliphatic carbocycles. The first-order valence-electron chi connectivity index (χ1n) is 5.25. The van der Waals surface area contributed by atoms with E-state index in [1.165, 1.54) is 11.9 Å². The maximum Gasteiger partial charge on any atom is 0.115 e. The molecule has 0 radical (unpaired) electrons. The first-order valence-corrected chi connectivity index (χ1v) is 6.04. The lowest BCUT2D eigenvalue weighted by atomic mass is 10.0. The fraction of sp³-hybridized carbons (Fsp3) is 0.167. The van der Waals surface area contributed by atoms with Gasteiger partial charge in [-0.3, -0.25) is 11.3 Å². The molecule has 3 N–H and O–H groups in total. The van der Waals surface area contributed by atoms with Gasteiger partial charge in [0.25, 0.3) is 0 Å². The van der Waals surface area contributed by atoms with E-state index in [-0.39, 0.29) is 6.04 Å². The Morgan fingerprint density at radius 2 is 2.06 bits per heavy atom. The maximum atomic E-state index is 5.57. The summed E-state index contributed by atoms with van der Waals surface area (Å²) < 4.78 is 1.06. The van der Waals surface area contributed by atoms with Gasteiger partial charge in [-0.25, -0.2) is 9.97 Å². The van der Waals surface area contributed by atoms with Gasteiger partial charge in [0, 0.05) is 22.4 Å². The maximum absolute atomic E-state index is 5.57. The molecule has 4 nitrogen and oxygen atoms in total. The molecular formula is C12H13BrN4. The predicted octanol–water partition coefficient (Wildman–Crippen LogP) is 1.99. The van der Waals surface area contributed by atoms with Gasteiger partial charge in [-0.15, -0.1) is 0 Å². The molecule has 0 saturated carbocycles. The molecule has 0 bridgehead atoms. The zero-order valence-electron chi connectivity index (χ0n) is 9.18. The van der Waals surface area contributed by atoms with Gasteiger partial charge in [-0.2, -0.15) is 0 Å². The van der Waals surface area contributed by atoms with Crippen LogP contribution in [0.1, 0.15) is 17.2 Å². The van der Waals surface area contributed by atoms with Crippen molar-refractivity contribution in [2.45, 2.75) is 12.5 Å². The molecule has 0 amide bonds. The van der Waals surface area contributed by atoms with Crippen molar-refractivity contribution in [3.8, 4) is 0 Å². The van der Waals surface area contributed by atoms with Crippen molar-refractivity contribution in [1.82, 2.24) is 15.4 Å². The summed E-state index contributed by atoms with van der Waals surface area (Å²) in [5.41, 5.74) is 4.97. The van der Waals surface area contributed by atoms with Crippen molar-refractivity contribution in [2.75, 3.05) is 0 Å². The lowest BCUT2D eigenvalue weighted by Crippen LogP contribution is -2.29. The van der Waals surface area contributed by atoms with E-state index in [0.29, 0.717) is 0 Å². The average Bonchev–Trinajstić information content (AvgIpc) is 2.37.